The van der Waals surface area contributed by atoms with Gasteiger partial charge >= 0.3 is 6.09 Å². The average molecular weight is 650 g/mol. The highest BCUT2D eigenvalue weighted by Crippen LogP contribution is 2.65. The molecule has 4 rings (SSSR count). The lowest BCUT2D eigenvalue weighted by Crippen LogP contribution is -2.60. The summed E-state index contributed by atoms with van der Waals surface area (Å²) in [6.07, 6.45) is 3.24. The van der Waals surface area contributed by atoms with Gasteiger partial charge in [-0.15, -0.1) is 29.8 Å². The molecule has 240 valence electrons. The van der Waals surface area contributed by atoms with E-state index in [4.69, 9.17) is 27.9 Å². The normalized spacial score (nSPS) is 23.0. The number of fused-ring (bicyclic) bond motifs is 2. The predicted octanol–water partition coefficient (Wildman–Crippen LogP) is 3.47. The maximum atomic E-state index is 14.3. The van der Waals surface area contributed by atoms with Crippen LogP contribution in [0.3, 0.4) is 0 Å². The summed E-state index contributed by atoms with van der Waals surface area (Å²) in [6, 6.07) is 4.69. The number of hydrogen-bond acceptors (Lipinski definition) is 6. The highest BCUT2D eigenvalue weighted by Gasteiger charge is 2.74. The molecule has 3 N–H and O–H groups in total. The number of nitrogens with one attached hydrogen (secondary N) is 3. The summed E-state index contributed by atoms with van der Waals surface area (Å²) in [5.41, 5.74) is 1.39. The van der Waals surface area contributed by atoms with Crippen LogP contribution in [0, 0.1) is 17.8 Å². The number of rotatable bonds is 12. The van der Waals surface area contributed by atoms with Crippen molar-refractivity contribution in [2.45, 2.75) is 87.9 Å². The molecule has 4 amide bonds. The van der Waals surface area contributed by atoms with Gasteiger partial charge in [0.25, 0.3) is 5.91 Å². The van der Waals surface area contributed by atoms with Crippen molar-refractivity contribution >= 4 is 52.8 Å². The number of nitrogens with zero attached hydrogens (tertiary/aromatic N) is 1. The highest BCUT2D eigenvalue weighted by atomic mass is 35.5. The number of hydrogen-bond donors (Lipinski definition) is 3. The van der Waals surface area contributed by atoms with Crippen LogP contribution >= 0.6 is 23.2 Å². The quantitative estimate of drug-likeness (QED) is 0.138. The van der Waals surface area contributed by atoms with Gasteiger partial charge in [0.2, 0.25) is 17.6 Å². The van der Waals surface area contributed by atoms with Crippen molar-refractivity contribution in [2.24, 2.45) is 17.8 Å². The third kappa shape index (κ3) is 7.40. The number of Topliss-reactive ketones (excluding diaryl/α,β-unsaturated/α-hetero) is 1. The van der Waals surface area contributed by atoms with Crippen LogP contribution in [0.1, 0.15) is 58.1 Å². The van der Waals surface area contributed by atoms with Gasteiger partial charge < -0.3 is 25.6 Å². The zero-order chi connectivity index (χ0) is 32.4. The van der Waals surface area contributed by atoms with Gasteiger partial charge in [0.15, 0.2) is 0 Å². The number of ketones is 1. The average Bonchev–Trinajstić information content (AvgIpc) is 3.32. The van der Waals surface area contributed by atoms with Crippen LogP contribution in [0.4, 0.5) is 4.79 Å². The van der Waals surface area contributed by atoms with E-state index in [2.05, 4.69) is 22.5 Å². The minimum absolute atomic E-state index is 0.106. The monoisotopic (exact) mass is 648 g/mol. The van der Waals surface area contributed by atoms with Crippen LogP contribution in [0.25, 0.3) is 0 Å². The molecule has 0 bridgehead atoms. The van der Waals surface area contributed by atoms with Gasteiger partial charge in [0.05, 0.1) is 6.04 Å². The Morgan fingerprint density at radius 1 is 1.11 bits per heavy atom. The zero-order valence-electron chi connectivity index (χ0n) is 25.7. The van der Waals surface area contributed by atoms with Gasteiger partial charge in [-0.05, 0) is 63.5 Å². The molecule has 1 heterocycles. The summed E-state index contributed by atoms with van der Waals surface area (Å²) in [7, 11) is 0. The molecule has 1 saturated carbocycles. The van der Waals surface area contributed by atoms with Crippen molar-refractivity contribution in [2.75, 3.05) is 13.1 Å². The lowest BCUT2D eigenvalue weighted by molar-refractivity contribution is -0.144. The smallest absolute Gasteiger partial charge is 0.408 e. The Kier molecular flexibility index (Phi) is 10.4. The molecule has 1 saturated heterocycles. The van der Waals surface area contributed by atoms with Crippen molar-refractivity contribution in [1.29, 1.82) is 0 Å². The second-order valence-electron chi connectivity index (χ2n) is 12.9. The maximum Gasteiger partial charge on any atom is 0.408 e. The lowest BCUT2D eigenvalue weighted by Gasteiger charge is -2.35. The van der Waals surface area contributed by atoms with E-state index in [1.807, 2.05) is 31.2 Å². The van der Waals surface area contributed by atoms with E-state index in [9.17, 15) is 24.0 Å². The number of benzene rings is 1. The summed E-state index contributed by atoms with van der Waals surface area (Å²) in [5, 5.41) is 8.04. The molecule has 2 aliphatic carbocycles. The first-order valence-corrected chi connectivity index (χ1v) is 15.9. The Hall–Kier alpha value is -3.11. The predicted molar refractivity (Wildman–Crippen MR) is 167 cm³/mol. The fourth-order valence-electron chi connectivity index (χ4n) is 6.30. The molecule has 12 heteroatoms. The Morgan fingerprint density at radius 2 is 1.75 bits per heavy atom. The molecule has 0 radical (unpaired) electrons. The number of alkyl carbamates (subject to hydrolysis) is 1. The van der Waals surface area contributed by atoms with Crippen LogP contribution < -0.4 is 16.0 Å². The molecule has 2 unspecified atom stereocenters. The van der Waals surface area contributed by atoms with E-state index >= 15 is 0 Å². The van der Waals surface area contributed by atoms with E-state index in [1.165, 1.54) is 4.90 Å². The van der Waals surface area contributed by atoms with E-state index in [1.54, 1.807) is 26.8 Å². The molecular weight excluding hydrogens is 607 g/mol. The Balaban J connectivity index is 1.57. The fraction of sp³-hybridized carbons (Fsp3) is 0.594. The molecule has 1 aliphatic heterocycles. The molecule has 1 aromatic rings. The third-order valence-corrected chi connectivity index (χ3v) is 9.51. The van der Waals surface area contributed by atoms with Gasteiger partial charge in [0, 0.05) is 24.9 Å². The van der Waals surface area contributed by atoms with Gasteiger partial charge in [-0.25, -0.2) is 4.79 Å². The molecule has 1 aromatic carbocycles. The Labute approximate surface area is 268 Å². The van der Waals surface area contributed by atoms with Crippen LogP contribution in [-0.2, 0) is 36.8 Å². The van der Waals surface area contributed by atoms with Crippen LogP contribution in [0.5, 0.6) is 0 Å². The number of carbonyl (C=O) groups is 5. The van der Waals surface area contributed by atoms with Crippen LogP contribution in [-0.4, -0.2) is 75.6 Å². The maximum absolute atomic E-state index is 14.3. The standard InChI is InChI=1S/C32H42Cl2N4O6/c1-6-8-14-35-28(41)26(39)22(11-7-2)36-27(40)25-23-21(32(23,33)34)17-38(25)29(42)24(37-30(43)44-31(3,4)5)20-15-18-12-9-10-13-19(18)16-20/h6,9-10,12-13,20-25H,1,7-8,11,14-17H2,2-5H3,(H,35,41)(H,36,40)(H,37,43)/t21-,22?,23-,24?,25-/m0/s1. The van der Waals surface area contributed by atoms with Crippen LogP contribution in [0.15, 0.2) is 36.9 Å². The second-order valence-corrected chi connectivity index (χ2v) is 14.3. The lowest BCUT2D eigenvalue weighted by atomic mass is 9.94. The second kappa shape index (κ2) is 13.5. The number of likely N-dealkylation sites (tertiary alicyclic amines) is 1. The Bertz CT molecular complexity index is 1290. The summed E-state index contributed by atoms with van der Waals surface area (Å²) in [5.74, 6) is -3.87. The SMILES string of the molecule is C=CCCNC(=O)C(=O)C(CCC)NC(=O)[C@@H]1[C@@H]2[C@H](CN1C(=O)C(NC(=O)OC(C)(C)C)C1Cc3ccccc3C1)C2(Cl)Cl. The molecular formula is C32H42Cl2N4O6. The number of halogens is 2. The van der Waals surface area contributed by atoms with Crippen molar-refractivity contribution < 1.29 is 28.7 Å². The van der Waals surface area contributed by atoms with Crippen molar-refractivity contribution in [3.05, 3.63) is 48.0 Å². The van der Waals surface area contributed by atoms with Crippen molar-refractivity contribution in [1.82, 2.24) is 20.9 Å². The fourth-order valence-corrected chi connectivity index (χ4v) is 7.13. The van der Waals surface area contributed by atoms with Gasteiger partial charge in [0.1, 0.15) is 22.0 Å². The summed E-state index contributed by atoms with van der Waals surface area (Å²) < 4.78 is 4.28. The first-order valence-electron chi connectivity index (χ1n) is 15.2. The number of amides is 4. The van der Waals surface area contributed by atoms with E-state index in [0.717, 1.165) is 11.1 Å². The number of carbonyl (C=O) groups excluding carboxylic acids is 5. The molecule has 2 fully saturated rings. The van der Waals surface area contributed by atoms with E-state index in [0.29, 0.717) is 25.7 Å². The molecule has 10 nitrogen and oxygen atoms in total. The van der Waals surface area contributed by atoms with Crippen molar-refractivity contribution in [3.8, 4) is 0 Å². The Morgan fingerprint density at radius 3 is 2.32 bits per heavy atom. The van der Waals surface area contributed by atoms with Gasteiger partial charge in [-0.2, -0.15) is 0 Å². The summed E-state index contributed by atoms with van der Waals surface area (Å²) in [6.45, 7) is 11.0. The first kappa shape index (κ1) is 33.8. The highest BCUT2D eigenvalue weighted by molar-refractivity contribution is 6.51. The minimum Gasteiger partial charge on any atom is -0.444 e. The topological polar surface area (TPSA) is 134 Å². The number of piperidine rings is 1. The zero-order valence-corrected chi connectivity index (χ0v) is 27.2. The third-order valence-electron chi connectivity index (χ3n) is 8.44. The molecule has 0 aromatic heterocycles. The molecule has 0 spiro atoms. The van der Waals surface area contributed by atoms with Gasteiger partial charge in [-0.1, -0.05) is 43.7 Å². The number of alkyl halides is 2. The molecule has 3 aliphatic rings. The number of ether oxygens (including phenoxy) is 1. The van der Waals surface area contributed by atoms with E-state index < -0.39 is 63.6 Å². The largest absolute Gasteiger partial charge is 0.444 e. The summed E-state index contributed by atoms with van der Waals surface area (Å²) >= 11 is 13.1. The van der Waals surface area contributed by atoms with E-state index in [-0.39, 0.29) is 31.3 Å². The van der Waals surface area contributed by atoms with Crippen molar-refractivity contribution in [3.63, 3.8) is 0 Å². The molecule has 44 heavy (non-hydrogen) atoms. The van der Waals surface area contributed by atoms with Crippen LogP contribution in [0.2, 0.25) is 0 Å². The van der Waals surface area contributed by atoms with Gasteiger partial charge in [-0.3, -0.25) is 19.2 Å². The minimum atomic E-state index is -1.22. The molecule has 5 atom stereocenters. The summed E-state index contributed by atoms with van der Waals surface area (Å²) in [4.78, 5) is 68.1. The first-order chi connectivity index (χ1) is 20.7.